The van der Waals surface area contributed by atoms with Gasteiger partial charge in [-0.15, -0.1) is 0 Å². The normalized spacial score (nSPS) is 16.9. The molecule has 0 radical (unpaired) electrons. The Kier molecular flexibility index (Phi) is 7.08. The first kappa shape index (κ1) is 24.7. The van der Waals surface area contributed by atoms with Crippen LogP contribution in [0.5, 0.6) is 5.75 Å². The quantitative estimate of drug-likeness (QED) is 0.385. The summed E-state index contributed by atoms with van der Waals surface area (Å²) in [5.41, 5.74) is 4.47. The maximum absolute atomic E-state index is 13.3. The van der Waals surface area contributed by atoms with Gasteiger partial charge in [0.15, 0.2) is 15.6 Å². The van der Waals surface area contributed by atoms with Crippen molar-refractivity contribution in [3.8, 4) is 28.7 Å². The van der Waals surface area contributed by atoms with E-state index >= 15 is 0 Å². The largest absolute Gasteiger partial charge is 0.494 e. The van der Waals surface area contributed by atoms with Crippen molar-refractivity contribution in [1.29, 1.82) is 0 Å². The first-order chi connectivity index (χ1) is 17.9. The lowest BCUT2D eigenvalue weighted by atomic mass is 9.99. The van der Waals surface area contributed by atoms with Crippen LogP contribution in [0.25, 0.3) is 21.6 Å². The van der Waals surface area contributed by atoms with E-state index in [0.29, 0.717) is 38.2 Å². The number of rotatable bonds is 5. The Balaban J connectivity index is 1.41. The Morgan fingerprint density at radius 1 is 1.03 bits per heavy atom. The zero-order chi connectivity index (χ0) is 25.9. The van der Waals surface area contributed by atoms with Gasteiger partial charge in [0.05, 0.1) is 31.2 Å². The number of amides is 1. The van der Waals surface area contributed by atoms with Gasteiger partial charge in [-0.2, -0.15) is 4.98 Å². The van der Waals surface area contributed by atoms with Gasteiger partial charge in [-0.05, 0) is 51.2 Å². The first-order valence-electron chi connectivity index (χ1n) is 11.9. The predicted molar refractivity (Wildman–Crippen MR) is 142 cm³/mol. The SMILES string of the molecule is COc1cnc(C)cc1-c1cc(C)ncc1C(=O)Nc1nc2ncc(C#C[C@@H]3CCC[C@H]3OC)nc2s1. The lowest BCUT2D eigenvalue weighted by Gasteiger charge is -2.13. The lowest BCUT2D eigenvalue weighted by molar-refractivity contribution is 0.0888. The van der Waals surface area contributed by atoms with Crippen LogP contribution in [0.3, 0.4) is 0 Å². The van der Waals surface area contributed by atoms with E-state index in [2.05, 4.69) is 42.1 Å². The molecule has 4 aromatic heterocycles. The fourth-order valence-corrected chi connectivity index (χ4v) is 5.22. The molecule has 1 aliphatic rings. The van der Waals surface area contributed by atoms with Crippen molar-refractivity contribution in [2.45, 2.75) is 39.2 Å². The number of fused-ring (bicyclic) bond motifs is 1. The summed E-state index contributed by atoms with van der Waals surface area (Å²) >= 11 is 1.25. The van der Waals surface area contributed by atoms with Crippen molar-refractivity contribution in [1.82, 2.24) is 24.9 Å². The Labute approximate surface area is 218 Å². The summed E-state index contributed by atoms with van der Waals surface area (Å²) in [7, 11) is 3.31. The number of hydrogen-bond donors (Lipinski definition) is 1. The number of carbonyl (C=O) groups is 1. The molecule has 0 unspecified atom stereocenters. The van der Waals surface area contributed by atoms with E-state index < -0.39 is 0 Å². The summed E-state index contributed by atoms with van der Waals surface area (Å²) in [4.78, 5) is 36.0. The Morgan fingerprint density at radius 3 is 2.59 bits per heavy atom. The second-order valence-corrected chi connectivity index (χ2v) is 9.81. The predicted octanol–water partition coefficient (Wildman–Crippen LogP) is 4.59. The standard InChI is InChI=1S/C27H26N6O3S/c1-15-10-19(20-11-16(2)29-14-23(20)36-4)21(13-28-15)25(34)33-27-32-24-26(37-27)31-18(12-30-24)9-8-17-6-5-7-22(17)35-3/h10-14,17,22H,5-7H2,1-4H3,(H,30,32,33,34)/t17-,22+/m0/s1. The van der Waals surface area contributed by atoms with Gasteiger partial charge >= 0.3 is 0 Å². The molecule has 188 valence electrons. The van der Waals surface area contributed by atoms with Crippen molar-refractivity contribution in [2.75, 3.05) is 19.5 Å². The Hall–Kier alpha value is -3.94. The van der Waals surface area contributed by atoms with Crippen LogP contribution in [0.1, 0.15) is 46.7 Å². The lowest BCUT2D eigenvalue weighted by Crippen LogP contribution is -2.14. The third kappa shape index (κ3) is 5.28. The molecule has 0 aromatic carbocycles. The number of nitrogens with zero attached hydrogens (tertiary/aromatic N) is 5. The van der Waals surface area contributed by atoms with Crippen LogP contribution in [0.15, 0.2) is 30.7 Å². The second kappa shape index (κ2) is 10.6. The second-order valence-electron chi connectivity index (χ2n) is 8.84. The smallest absolute Gasteiger partial charge is 0.259 e. The minimum Gasteiger partial charge on any atom is -0.494 e. The van der Waals surface area contributed by atoms with Crippen molar-refractivity contribution >= 4 is 32.9 Å². The zero-order valence-electron chi connectivity index (χ0n) is 21.0. The van der Waals surface area contributed by atoms with Gasteiger partial charge in [-0.25, -0.2) is 9.97 Å². The van der Waals surface area contributed by atoms with E-state index in [1.54, 1.807) is 32.8 Å². The van der Waals surface area contributed by atoms with E-state index in [4.69, 9.17) is 9.47 Å². The molecular weight excluding hydrogens is 488 g/mol. The maximum Gasteiger partial charge on any atom is 0.259 e. The van der Waals surface area contributed by atoms with E-state index in [-0.39, 0.29) is 17.9 Å². The van der Waals surface area contributed by atoms with E-state index in [1.165, 1.54) is 11.3 Å². The molecule has 10 heteroatoms. The number of methoxy groups -OCH3 is 2. The third-order valence-corrected chi connectivity index (χ3v) is 7.14. The van der Waals surface area contributed by atoms with Gasteiger partial charge in [0.25, 0.3) is 5.91 Å². The topological polar surface area (TPSA) is 112 Å². The number of anilines is 1. The van der Waals surface area contributed by atoms with Crippen molar-refractivity contribution in [3.05, 3.63) is 53.4 Å². The molecular formula is C27H26N6O3S. The average molecular weight is 515 g/mol. The molecule has 1 aliphatic carbocycles. The molecule has 0 aliphatic heterocycles. The van der Waals surface area contributed by atoms with Gasteiger partial charge < -0.3 is 9.47 Å². The number of pyridine rings is 2. The summed E-state index contributed by atoms with van der Waals surface area (Å²) in [5, 5.41) is 3.27. The Morgan fingerprint density at radius 2 is 1.81 bits per heavy atom. The van der Waals surface area contributed by atoms with Crippen LogP contribution in [-0.2, 0) is 4.74 Å². The van der Waals surface area contributed by atoms with Gasteiger partial charge in [-0.3, -0.25) is 20.1 Å². The molecule has 4 aromatic rings. The average Bonchev–Trinajstić information content (AvgIpc) is 3.52. The number of hydrogen-bond acceptors (Lipinski definition) is 9. The molecule has 4 heterocycles. The highest BCUT2D eigenvalue weighted by Crippen LogP contribution is 2.33. The molecule has 0 saturated heterocycles. The molecule has 1 saturated carbocycles. The fraction of sp³-hybridized carbons (Fsp3) is 0.333. The maximum atomic E-state index is 13.3. The first-order valence-corrected chi connectivity index (χ1v) is 12.7. The summed E-state index contributed by atoms with van der Waals surface area (Å²) in [6.45, 7) is 3.76. The van der Waals surface area contributed by atoms with Crippen LogP contribution in [0.2, 0.25) is 0 Å². The summed E-state index contributed by atoms with van der Waals surface area (Å²) in [6.07, 6.45) is 8.16. The number of carbonyl (C=O) groups excluding carboxylic acids is 1. The molecule has 37 heavy (non-hydrogen) atoms. The zero-order valence-corrected chi connectivity index (χ0v) is 21.8. The van der Waals surface area contributed by atoms with Crippen LogP contribution in [0.4, 0.5) is 5.13 Å². The fourth-order valence-electron chi connectivity index (χ4n) is 4.42. The molecule has 1 fully saturated rings. The van der Waals surface area contributed by atoms with Gasteiger partial charge in [0.1, 0.15) is 11.4 Å². The van der Waals surface area contributed by atoms with Gasteiger partial charge in [0, 0.05) is 41.7 Å². The van der Waals surface area contributed by atoms with Crippen LogP contribution < -0.4 is 10.1 Å². The monoisotopic (exact) mass is 514 g/mol. The molecule has 1 N–H and O–H groups in total. The van der Waals surface area contributed by atoms with E-state index in [9.17, 15) is 4.79 Å². The molecule has 1 amide bonds. The highest BCUT2D eigenvalue weighted by Gasteiger charge is 2.25. The number of aromatic nitrogens is 5. The van der Waals surface area contributed by atoms with E-state index in [0.717, 1.165) is 36.2 Å². The number of thiazole rings is 1. The molecule has 0 bridgehead atoms. The number of aryl methyl sites for hydroxylation is 2. The summed E-state index contributed by atoms with van der Waals surface area (Å²) < 4.78 is 11.0. The van der Waals surface area contributed by atoms with Crippen LogP contribution in [-0.4, -0.2) is 51.2 Å². The minimum atomic E-state index is -0.343. The van der Waals surface area contributed by atoms with Gasteiger partial charge in [-0.1, -0.05) is 17.3 Å². The van der Waals surface area contributed by atoms with Crippen LogP contribution in [0, 0.1) is 31.6 Å². The number of nitrogens with one attached hydrogen (secondary N) is 1. The van der Waals surface area contributed by atoms with Gasteiger partial charge in [0.2, 0.25) is 0 Å². The highest BCUT2D eigenvalue weighted by atomic mass is 32.1. The third-order valence-electron chi connectivity index (χ3n) is 6.28. The van der Waals surface area contributed by atoms with Crippen molar-refractivity contribution in [2.24, 2.45) is 5.92 Å². The Bertz CT molecular complexity index is 1540. The minimum absolute atomic E-state index is 0.173. The van der Waals surface area contributed by atoms with Crippen molar-refractivity contribution in [3.63, 3.8) is 0 Å². The molecule has 0 spiro atoms. The number of ether oxygens (including phenoxy) is 2. The van der Waals surface area contributed by atoms with Crippen molar-refractivity contribution < 1.29 is 14.3 Å². The summed E-state index contributed by atoms with van der Waals surface area (Å²) in [5.74, 6) is 6.84. The van der Waals surface area contributed by atoms with Crippen LogP contribution >= 0.6 is 11.3 Å². The molecule has 2 atom stereocenters. The van der Waals surface area contributed by atoms with E-state index in [1.807, 2.05) is 26.0 Å². The molecule has 9 nitrogen and oxygen atoms in total. The molecule has 5 rings (SSSR count). The summed E-state index contributed by atoms with van der Waals surface area (Å²) in [6, 6.07) is 3.75. The highest BCUT2D eigenvalue weighted by molar-refractivity contribution is 7.21.